The van der Waals surface area contributed by atoms with Crippen molar-refractivity contribution in [2.75, 3.05) is 40.8 Å². The van der Waals surface area contributed by atoms with Gasteiger partial charge >= 0.3 is 0 Å². The van der Waals surface area contributed by atoms with Crippen molar-refractivity contribution in [3.8, 4) is 5.75 Å². The lowest BCUT2D eigenvalue weighted by atomic mass is 9.91. The monoisotopic (exact) mass is 310 g/mol. The molecule has 1 aromatic carbocycles. The van der Waals surface area contributed by atoms with E-state index in [1.165, 1.54) is 30.2 Å². The second-order valence-electron chi connectivity index (χ2n) is 6.03. The summed E-state index contributed by atoms with van der Waals surface area (Å²) in [5.74, 6) is -0.618. The Bertz CT molecular complexity index is 542. The van der Waals surface area contributed by atoms with Gasteiger partial charge in [-0.2, -0.15) is 0 Å². The topological polar surface area (TPSA) is 53.0 Å². The minimum atomic E-state index is -0.910. The highest BCUT2D eigenvalue weighted by Gasteiger charge is 2.34. The number of likely N-dealkylation sites (tertiary alicyclic amines) is 1. The first-order valence-electron chi connectivity index (χ1n) is 7.34. The molecular formula is C16H23FN2O3. The summed E-state index contributed by atoms with van der Waals surface area (Å²) in [6.07, 6.45) is 1.20. The van der Waals surface area contributed by atoms with Crippen molar-refractivity contribution in [3.63, 3.8) is 0 Å². The van der Waals surface area contributed by atoms with E-state index >= 15 is 0 Å². The quantitative estimate of drug-likeness (QED) is 0.912. The van der Waals surface area contributed by atoms with E-state index < -0.39 is 17.3 Å². The number of ether oxygens (including phenoxy) is 1. The first-order valence-corrected chi connectivity index (χ1v) is 7.34. The molecule has 1 aromatic rings. The van der Waals surface area contributed by atoms with Gasteiger partial charge in [0.2, 0.25) is 0 Å². The minimum absolute atomic E-state index is 0.0432. The van der Waals surface area contributed by atoms with Gasteiger partial charge in [0.15, 0.2) is 0 Å². The number of carbonyl (C=O) groups is 1. The van der Waals surface area contributed by atoms with Crippen molar-refractivity contribution in [3.05, 3.63) is 29.6 Å². The predicted octanol–water partition coefficient (Wildman–Crippen LogP) is 1.36. The summed E-state index contributed by atoms with van der Waals surface area (Å²) >= 11 is 0. The van der Waals surface area contributed by atoms with E-state index in [2.05, 4.69) is 4.90 Å². The van der Waals surface area contributed by atoms with Crippen LogP contribution in [0.4, 0.5) is 4.39 Å². The SMILES string of the molecule is COc1ccc(F)c(C(=O)N(C)CC2(O)CCN(C)CC2)c1. The zero-order valence-electron chi connectivity index (χ0n) is 13.3. The van der Waals surface area contributed by atoms with Crippen LogP contribution < -0.4 is 4.74 Å². The van der Waals surface area contributed by atoms with E-state index in [0.29, 0.717) is 18.6 Å². The largest absolute Gasteiger partial charge is 0.497 e. The Balaban J connectivity index is 2.09. The van der Waals surface area contributed by atoms with Gasteiger partial charge in [0.1, 0.15) is 11.6 Å². The molecule has 0 atom stereocenters. The van der Waals surface area contributed by atoms with Crippen molar-refractivity contribution in [1.82, 2.24) is 9.80 Å². The average Bonchev–Trinajstić information content (AvgIpc) is 2.50. The number of likely N-dealkylation sites (N-methyl/N-ethyl adjacent to an activating group) is 1. The van der Waals surface area contributed by atoms with Gasteiger partial charge in [0.05, 0.1) is 18.3 Å². The zero-order valence-corrected chi connectivity index (χ0v) is 13.3. The fourth-order valence-corrected chi connectivity index (χ4v) is 2.71. The first-order chi connectivity index (χ1) is 10.3. The van der Waals surface area contributed by atoms with E-state index in [9.17, 15) is 14.3 Å². The van der Waals surface area contributed by atoms with Crippen molar-refractivity contribution >= 4 is 5.91 Å². The molecule has 1 N–H and O–H groups in total. The first kappa shape index (κ1) is 16.7. The number of nitrogens with zero attached hydrogens (tertiary/aromatic N) is 2. The molecule has 0 spiro atoms. The summed E-state index contributed by atoms with van der Waals surface area (Å²) in [6, 6.07) is 4.06. The second kappa shape index (κ2) is 6.62. The van der Waals surface area contributed by atoms with Crippen molar-refractivity contribution < 1.29 is 19.0 Å². The number of rotatable bonds is 4. The van der Waals surface area contributed by atoms with Crippen LogP contribution in [0, 0.1) is 5.82 Å². The van der Waals surface area contributed by atoms with Crippen LogP contribution in [0.15, 0.2) is 18.2 Å². The Morgan fingerprint density at radius 3 is 2.68 bits per heavy atom. The summed E-state index contributed by atoms with van der Waals surface area (Å²) in [6.45, 7) is 1.76. The lowest BCUT2D eigenvalue weighted by Crippen LogP contribution is -2.50. The molecule has 0 bridgehead atoms. The second-order valence-corrected chi connectivity index (χ2v) is 6.03. The Labute approximate surface area is 130 Å². The van der Waals surface area contributed by atoms with Crippen LogP contribution in [0.25, 0.3) is 0 Å². The summed E-state index contributed by atoms with van der Waals surface area (Å²) in [7, 11) is 5.05. The number of hydrogen-bond acceptors (Lipinski definition) is 4. The van der Waals surface area contributed by atoms with Gasteiger partial charge in [-0.3, -0.25) is 4.79 Å². The standard InChI is InChI=1S/C16H23FN2O3/c1-18-8-6-16(21,7-9-18)11-19(2)15(20)13-10-12(22-3)4-5-14(13)17/h4-5,10,21H,6-9,11H2,1-3H3. The highest BCUT2D eigenvalue weighted by atomic mass is 19.1. The molecule has 0 radical (unpaired) electrons. The molecule has 6 heteroatoms. The molecule has 22 heavy (non-hydrogen) atoms. The molecule has 0 unspecified atom stereocenters. The van der Waals surface area contributed by atoms with E-state index in [-0.39, 0.29) is 12.1 Å². The molecule has 1 fully saturated rings. The number of amides is 1. The van der Waals surface area contributed by atoms with Gasteiger partial charge in [-0.05, 0) is 38.1 Å². The summed E-state index contributed by atoms with van der Waals surface area (Å²) in [5, 5.41) is 10.6. The number of hydrogen-bond donors (Lipinski definition) is 1. The predicted molar refractivity (Wildman–Crippen MR) is 81.6 cm³/mol. The van der Waals surface area contributed by atoms with E-state index in [0.717, 1.165) is 13.1 Å². The van der Waals surface area contributed by atoms with Gasteiger partial charge in [0, 0.05) is 26.7 Å². The van der Waals surface area contributed by atoms with Gasteiger partial charge in [-0.15, -0.1) is 0 Å². The van der Waals surface area contributed by atoms with Gasteiger partial charge in [-0.1, -0.05) is 0 Å². The molecule has 1 saturated heterocycles. The molecule has 1 amide bonds. The molecule has 122 valence electrons. The summed E-state index contributed by atoms with van der Waals surface area (Å²) in [5.41, 5.74) is -0.954. The average molecular weight is 310 g/mol. The Morgan fingerprint density at radius 1 is 1.45 bits per heavy atom. The molecule has 0 aliphatic carbocycles. The smallest absolute Gasteiger partial charge is 0.256 e. The molecular weight excluding hydrogens is 287 g/mol. The molecule has 0 saturated carbocycles. The van der Waals surface area contributed by atoms with Crippen LogP contribution in [0.2, 0.25) is 0 Å². The molecule has 1 aliphatic heterocycles. The third-order valence-corrected chi connectivity index (χ3v) is 4.20. The zero-order chi connectivity index (χ0) is 16.3. The number of piperidine rings is 1. The Morgan fingerprint density at radius 2 is 2.09 bits per heavy atom. The summed E-state index contributed by atoms with van der Waals surface area (Å²) < 4.78 is 18.9. The van der Waals surface area contributed by atoms with Gasteiger partial charge < -0.3 is 19.6 Å². The lowest BCUT2D eigenvalue weighted by molar-refractivity contribution is -0.0330. The van der Waals surface area contributed by atoms with E-state index in [1.54, 1.807) is 7.05 Å². The van der Waals surface area contributed by atoms with Gasteiger partial charge in [-0.25, -0.2) is 4.39 Å². The fraction of sp³-hybridized carbons (Fsp3) is 0.562. The van der Waals surface area contributed by atoms with Crippen LogP contribution in [-0.4, -0.2) is 67.3 Å². The van der Waals surface area contributed by atoms with Gasteiger partial charge in [0.25, 0.3) is 5.91 Å². The number of carbonyl (C=O) groups excluding carboxylic acids is 1. The third kappa shape index (κ3) is 3.75. The Kier molecular flexibility index (Phi) is 5.03. The van der Waals surface area contributed by atoms with Crippen LogP contribution >= 0.6 is 0 Å². The molecule has 2 rings (SSSR count). The lowest BCUT2D eigenvalue weighted by Gasteiger charge is -2.38. The molecule has 5 nitrogen and oxygen atoms in total. The maximum Gasteiger partial charge on any atom is 0.256 e. The number of aliphatic hydroxyl groups is 1. The van der Waals surface area contributed by atoms with Crippen LogP contribution in [-0.2, 0) is 0 Å². The van der Waals surface area contributed by atoms with E-state index in [1.807, 2.05) is 7.05 Å². The number of methoxy groups -OCH3 is 1. The molecule has 0 aromatic heterocycles. The van der Waals surface area contributed by atoms with Crippen LogP contribution in [0.3, 0.4) is 0 Å². The van der Waals surface area contributed by atoms with Crippen molar-refractivity contribution in [2.45, 2.75) is 18.4 Å². The molecule has 1 heterocycles. The summed E-state index contributed by atoms with van der Waals surface area (Å²) in [4.78, 5) is 15.9. The highest BCUT2D eigenvalue weighted by Crippen LogP contribution is 2.24. The van der Waals surface area contributed by atoms with Crippen molar-refractivity contribution in [2.24, 2.45) is 0 Å². The minimum Gasteiger partial charge on any atom is -0.497 e. The van der Waals surface area contributed by atoms with Crippen LogP contribution in [0.5, 0.6) is 5.75 Å². The Hall–Kier alpha value is -1.66. The fourth-order valence-electron chi connectivity index (χ4n) is 2.71. The van der Waals surface area contributed by atoms with Crippen LogP contribution in [0.1, 0.15) is 23.2 Å². The van der Waals surface area contributed by atoms with Crippen molar-refractivity contribution in [1.29, 1.82) is 0 Å². The normalized spacial score (nSPS) is 18.0. The maximum absolute atomic E-state index is 13.9. The maximum atomic E-state index is 13.9. The van der Waals surface area contributed by atoms with E-state index in [4.69, 9.17) is 4.74 Å². The number of benzene rings is 1. The number of halogens is 1. The third-order valence-electron chi connectivity index (χ3n) is 4.20. The highest BCUT2D eigenvalue weighted by molar-refractivity contribution is 5.94. The molecule has 1 aliphatic rings.